The van der Waals surface area contributed by atoms with Crippen LogP contribution in [0.25, 0.3) is 0 Å². The van der Waals surface area contributed by atoms with Crippen molar-refractivity contribution in [3.8, 4) is 5.75 Å². The van der Waals surface area contributed by atoms with Crippen molar-refractivity contribution in [3.63, 3.8) is 0 Å². The molecule has 0 bridgehead atoms. The fourth-order valence-corrected chi connectivity index (χ4v) is 7.50. The molecule has 1 atom stereocenters. The second kappa shape index (κ2) is 6.16. The number of methoxy groups -OCH3 is 1. The van der Waals surface area contributed by atoms with Crippen LogP contribution in [0.15, 0.2) is 34.1 Å². The summed E-state index contributed by atoms with van der Waals surface area (Å²) in [6, 6.07) is 8.92. The topological polar surface area (TPSA) is 9.23 Å². The van der Waals surface area contributed by atoms with Gasteiger partial charge in [-0.05, 0) is 47.3 Å². The third-order valence-corrected chi connectivity index (χ3v) is 8.29. The van der Waals surface area contributed by atoms with Gasteiger partial charge >= 0.3 is 0 Å². The van der Waals surface area contributed by atoms with Crippen molar-refractivity contribution in [1.29, 1.82) is 0 Å². The van der Waals surface area contributed by atoms with Gasteiger partial charge in [-0.25, -0.2) is 0 Å². The number of thioether (sulfide) groups is 2. The highest BCUT2D eigenvalue weighted by Crippen LogP contribution is 2.64. The summed E-state index contributed by atoms with van der Waals surface area (Å²) in [5.41, 5.74) is 2.03. The van der Waals surface area contributed by atoms with Gasteiger partial charge in [0.2, 0.25) is 0 Å². The number of benzene rings is 1. The molecular formula is C19H24OS2. The minimum atomic E-state index is 0.516. The first kappa shape index (κ1) is 15.0. The lowest BCUT2D eigenvalue weighted by Gasteiger charge is -2.40. The molecule has 1 unspecified atom stereocenters. The van der Waals surface area contributed by atoms with Gasteiger partial charge in [0.25, 0.3) is 0 Å². The van der Waals surface area contributed by atoms with Gasteiger partial charge in [-0.3, -0.25) is 0 Å². The van der Waals surface area contributed by atoms with Crippen LogP contribution in [0.4, 0.5) is 0 Å². The Bertz CT molecular complexity index is 570. The summed E-state index contributed by atoms with van der Waals surface area (Å²) >= 11 is 4.28. The molecule has 1 nitrogen and oxygen atoms in total. The SMILES string of the molecule is COc1ccc(C2C3=C(CC24CCCCC4)SCCS3)cc1. The van der Waals surface area contributed by atoms with Crippen molar-refractivity contribution in [3.05, 3.63) is 39.6 Å². The number of ether oxygens (including phenoxy) is 1. The maximum absolute atomic E-state index is 5.35. The quantitative estimate of drug-likeness (QED) is 0.675. The Morgan fingerprint density at radius 1 is 1.00 bits per heavy atom. The van der Waals surface area contributed by atoms with Crippen LogP contribution in [0.1, 0.15) is 50.0 Å². The highest BCUT2D eigenvalue weighted by atomic mass is 32.2. The Morgan fingerprint density at radius 3 is 2.45 bits per heavy atom. The van der Waals surface area contributed by atoms with Crippen molar-refractivity contribution in [2.45, 2.75) is 44.4 Å². The first-order valence-electron chi connectivity index (χ1n) is 8.45. The second-order valence-electron chi connectivity index (χ2n) is 6.79. The molecule has 1 saturated carbocycles. The lowest BCUT2D eigenvalue weighted by atomic mass is 9.65. The van der Waals surface area contributed by atoms with E-state index in [-0.39, 0.29) is 0 Å². The maximum Gasteiger partial charge on any atom is 0.118 e. The Labute approximate surface area is 142 Å². The number of allylic oxidation sites excluding steroid dienone is 2. The molecule has 22 heavy (non-hydrogen) atoms. The van der Waals surface area contributed by atoms with Gasteiger partial charge in [-0.1, -0.05) is 31.4 Å². The molecule has 0 saturated heterocycles. The van der Waals surface area contributed by atoms with Crippen LogP contribution in [0, 0.1) is 5.41 Å². The number of hydrogen-bond donors (Lipinski definition) is 0. The lowest BCUT2D eigenvalue weighted by Crippen LogP contribution is -2.28. The zero-order valence-corrected chi connectivity index (χ0v) is 14.9. The predicted octanol–water partition coefficient (Wildman–Crippen LogP) is 5.82. The Hall–Kier alpha value is -0.540. The van der Waals surface area contributed by atoms with Crippen molar-refractivity contribution < 1.29 is 4.74 Å². The molecule has 4 rings (SSSR count). The van der Waals surface area contributed by atoms with Gasteiger partial charge in [0.1, 0.15) is 5.75 Å². The molecule has 1 spiro atoms. The zero-order valence-electron chi connectivity index (χ0n) is 13.3. The first-order valence-corrected chi connectivity index (χ1v) is 10.4. The van der Waals surface area contributed by atoms with Crippen molar-refractivity contribution in [1.82, 2.24) is 0 Å². The Morgan fingerprint density at radius 2 is 1.73 bits per heavy atom. The van der Waals surface area contributed by atoms with E-state index >= 15 is 0 Å². The minimum absolute atomic E-state index is 0.516. The smallest absolute Gasteiger partial charge is 0.118 e. The highest BCUT2D eigenvalue weighted by molar-refractivity contribution is 8.10. The van der Waals surface area contributed by atoms with Crippen molar-refractivity contribution in [2.24, 2.45) is 5.41 Å². The summed E-state index contributed by atoms with van der Waals surface area (Å²) in [5.74, 6) is 4.20. The lowest BCUT2D eigenvalue weighted by molar-refractivity contribution is 0.179. The molecule has 3 aliphatic rings. The average molecular weight is 333 g/mol. The Kier molecular flexibility index (Phi) is 4.21. The molecule has 118 valence electrons. The van der Waals surface area contributed by atoms with E-state index in [0.717, 1.165) is 5.75 Å². The fraction of sp³-hybridized carbons (Fsp3) is 0.579. The fourth-order valence-electron chi connectivity index (χ4n) is 4.57. The molecule has 0 aromatic heterocycles. The molecule has 1 aromatic rings. The van der Waals surface area contributed by atoms with Crippen LogP contribution in [-0.2, 0) is 0 Å². The van der Waals surface area contributed by atoms with Crippen LogP contribution in [0.3, 0.4) is 0 Å². The predicted molar refractivity (Wildman–Crippen MR) is 97.8 cm³/mol. The van der Waals surface area contributed by atoms with Gasteiger partial charge < -0.3 is 4.74 Å². The molecule has 1 fully saturated rings. The third kappa shape index (κ3) is 2.50. The standard InChI is InChI=1S/C19H24OS2/c1-20-15-7-5-14(6-8-15)17-18-16(21-11-12-22-18)13-19(17)9-3-2-4-10-19/h5-8,17H,2-4,9-13H2,1H3. The van der Waals surface area contributed by atoms with Crippen LogP contribution < -0.4 is 4.74 Å². The van der Waals surface area contributed by atoms with Crippen LogP contribution >= 0.6 is 23.5 Å². The van der Waals surface area contributed by atoms with E-state index in [1.165, 1.54) is 55.6 Å². The third-order valence-electron chi connectivity index (χ3n) is 5.58. The molecule has 3 heteroatoms. The summed E-state index contributed by atoms with van der Waals surface area (Å²) < 4.78 is 5.35. The first-order chi connectivity index (χ1) is 10.8. The molecule has 0 amide bonds. The van der Waals surface area contributed by atoms with Crippen LogP contribution in [-0.4, -0.2) is 18.6 Å². The summed E-state index contributed by atoms with van der Waals surface area (Å²) in [6.45, 7) is 0. The average Bonchev–Trinajstić information content (AvgIpc) is 2.88. The highest BCUT2D eigenvalue weighted by Gasteiger charge is 2.49. The molecular weight excluding hydrogens is 308 g/mol. The summed E-state index contributed by atoms with van der Waals surface area (Å²) in [5, 5.41) is 0. The molecule has 2 aliphatic carbocycles. The summed E-state index contributed by atoms with van der Waals surface area (Å²) in [4.78, 5) is 3.43. The summed E-state index contributed by atoms with van der Waals surface area (Å²) in [6.07, 6.45) is 8.44. The van der Waals surface area contributed by atoms with E-state index in [1.54, 1.807) is 16.9 Å². The van der Waals surface area contributed by atoms with Gasteiger partial charge in [0, 0.05) is 22.3 Å². The maximum atomic E-state index is 5.35. The van der Waals surface area contributed by atoms with Crippen LogP contribution in [0.2, 0.25) is 0 Å². The molecule has 0 N–H and O–H groups in total. The van der Waals surface area contributed by atoms with Crippen LogP contribution in [0.5, 0.6) is 5.75 Å². The molecule has 1 aliphatic heterocycles. The zero-order chi connectivity index (χ0) is 15.0. The van der Waals surface area contributed by atoms with E-state index in [2.05, 4.69) is 47.8 Å². The largest absolute Gasteiger partial charge is 0.497 e. The van der Waals surface area contributed by atoms with Gasteiger partial charge in [-0.15, -0.1) is 23.5 Å². The second-order valence-corrected chi connectivity index (χ2v) is 9.12. The monoisotopic (exact) mass is 332 g/mol. The number of hydrogen-bond acceptors (Lipinski definition) is 3. The molecule has 1 heterocycles. The molecule has 1 aromatic carbocycles. The minimum Gasteiger partial charge on any atom is -0.497 e. The van der Waals surface area contributed by atoms with Crippen molar-refractivity contribution >= 4 is 23.5 Å². The van der Waals surface area contributed by atoms with Crippen molar-refractivity contribution in [2.75, 3.05) is 18.6 Å². The van der Waals surface area contributed by atoms with Gasteiger partial charge in [-0.2, -0.15) is 0 Å². The van der Waals surface area contributed by atoms with E-state index in [1.807, 2.05) is 0 Å². The molecule has 0 radical (unpaired) electrons. The van der Waals surface area contributed by atoms with E-state index in [9.17, 15) is 0 Å². The van der Waals surface area contributed by atoms with Gasteiger partial charge in [0.15, 0.2) is 0 Å². The van der Waals surface area contributed by atoms with Gasteiger partial charge in [0.05, 0.1) is 7.11 Å². The normalized spacial score (nSPS) is 27.0. The summed E-state index contributed by atoms with van der Waals surface area (Å²) in [7, 11) is 1.75. The number of rotatable bonds is 2. The van der Waals surface area contributed by atoms with E-state index in [4.69, 9.17) is 4.74 Å². The van der Waals surface area contributed by atoms with E-state index < -0.39 is 0 Å². The Balaban J connectivity index is 1.74. The van der Waals surface area contributed by atoms with E-state index in [0.29, 0.717) is 11.3 Å².